The summed E-state index contributed by atoms with van der Waals surface area (Å²) in [5.74, 6) is 0.760. The molecule has 4 aromatic rings. The molecule has 3 aromatic heterocycles. The van der Waals surface area contributed by atoms with Gasteiger partial charge in [-0.05, 0) is 69.7 Å². The van der Waals surface area contributed by atoms with Gasteiger partial charge in [-0.1, -0.05) is 11.8 Å². The number of aromatic nitrogens is 2. The molecule has 154 valence electrons. The predicted molar refractivity (Wildman–Crippen MR) is 122 cm³/mol. The summed E-state index contributed by atoms with van der Waals surface area (Å²) < 4.78 is 8.57. The molecule has 1 N–H and O–H groups in total. The van der Waals surface area contributed by atoms with Gasteiger partial charge in [-0.2, -0.15) is 0 Å². The first-order valence-corrected chi connectivity index (χ1v) is 11.3. The van der Waals surface area contributed by atoms with Crippen LogP contribution in [0.4, 0.5) is 5.69 Å². The third-order valence-electron chi connectivity index (χ3n) is 4.96. The fourth-order valence-corrected chi connectivity index (χ4v) is 5.25. The second kappa shape index (κ2) is 8.53. The number of thiazole rings is 1. The number of nitrogens with one attached hydrogen (secondary N) is 1. The Bertz CT molecular complexity index is 1190. The van der Waals surface area contributed by atoms with Gasteiger partial charge in [0.15, 0.2) is 4.34 Å². The molecule has 0 aliphatic carbocycles. The second-order valence-electron chi connectivity index (χ2n) is 7.24. The number of aryl methyl sites for hydroxylation is 3. The van der Waals surface area contributed by atoms with Crippen molar-refractivity contribution in [2.24, 2.45) is 0 Å². The van der Waals surface area contributed by atoms with E-state index in [0.29, 0.717) is 12.1 Å². The zero-order valence-corrected chi connectivity index (χ0v) is 19.0. The van der Waals surface area contributed by atoms with Crippen LogP contribution < -0.4 is 5.32 Å². The zero-order chi connectivity index (χ0) is 21.3. The van der Waals surface area contributed by atoms with Crippen LogP contribution in [-0.2, 0) is 6.54 Å². The van der Waals surface area contributed by atoms with Crippen molar-refractivity contribution < 1.29 is 9.21 Å². The van der Waals surface area contributed by atoms with Gasteiger partial charge in [0.1, 0.15) is 5.76 Å². The molecule has 0 spiro atoms. The van der Waals surface area contributed by atoms with E-state index in [2.05, 4.69) is 20.9 Å². The number of hydrogen-bond acceptors (Lipinski definition) is 5. The van der Waals surface area contributed by atoms with Crippen LogP contribution in [0.3, 0.4) is 0 Å². The summed E-state index contributed by atoms with van der Waals surface area (Å²) >= 11 is 3.28. The third kappa shape index (κ3) is 4.37. The summed E-state index contributed by atoms with van der Waals surface area (Å²) in [5, 5.41) is 5.11. The minimum Gasteiger partial charge on any atom is -0.467 e. The lowest BCUT2D eigenvalue weighted by molar-refractivity contribution is 0.102. The Kier molecular flexibility index (Phi) is 5.83. The number of amides is 1. The molecule has 0 aliphatic rings. The summed E-state index contributed by atoms with van der Waals surface area (Å²) in [6.45, 7) is 8.58. The molecule has 0 fully saturated rings. The Hall–Kier alpha value is -2.77. The molecule has 0 saturated carbocycles. The fraction of sp³-hybridized carbons (Fsp3) is 0.217. The summed E-state index contributed by atoms with van der Waals surface area (Å²) in [6, 6.07) is 11.8. The molecule has 1 aromatic carbocycles. The monoisotopic (exact) mass is 437 g/mol. The summed E-state index contributed by atoms with van der Waals surface area (Å²) in [4.78, 5) is 18.6. The molecule has 0 aliphatic heterocycles. The first kappa shape index (κ1) is 20.5. The Balaban J connectivity index is 1.50. The van der Waals surface area contributed by atoms with Crippen molar-refractivity contribution in [3.8, 4) is 0 Å². The highest BCUT2D eigenvalue weighted by molar-refractivity contribution is 8.01. The summed E-state index contributed by atoms with van der Waals surface area (Å²) in [7, 11) is 0. The Morgan fingerprint density at radius 2 is 2.03 bits per heavy atom. The van der Waals surface area contributed by atoms with Gasteiger partial charge in [0.05, 0.1) is 18.4 Å². The lowest BCUT2D eigenvalue weighted by Crippen LogP contribution is -2.14. The van der Waals surface area contributed by atoms with Gasteiger partial charge in [-0.3, -0.25) is 4.79 Å². The summed E-state index contributed by atoms with van der Waals surface area (Å²) in [5.41, 5.74) is 5.49. The van der Waals surface area contributed by atoms with Crippen LogP contribution in [0.25, 0.3) is 0 Å². The summed E-state index contributed by atoms with van der Waals surface area (Å²) in [6.07, 6.45) is 1.66. The minimum atomic E-state index is -0.104. The van der Waals surface area contributed by atoms with E-state index in [1.807, 2.05) is 63.4 Å². The normalized spacial score (nSPS) is 11.1. The van der Waals surface area contributed by atoms with Crippen molar-refractivity contribution in [2.45, 2.75) is 43.5 Å². The van der Waals surface area contributed by atoms with Crippen molar-refractivity contribution in [3.63, 3.8) is 0 Å². The van der Waals surface area contributed by atoms with E-state index in [4.69, 9.17) is 4.42 Å². The number of carbonyl (C=O) groups is 1. The molecule has 3 heterocycles. The first-order chi connectivity index (χ1) is 14.4. The van der Waals surface area contributed by atoms with Gasteiger partial charge < -0.3 is 14.3 Å². The van der Waals surface area contributed by atoms with E-state index < -0.39 is 0 Å². The van der Waals surface area contributed by atoms with Crippen molar-refractivity contribution in [1.29, 1.82) is 0 Å². The molecule has 7 heteroatoms. The average molecular weight is 438 g/mol. The molecule has 0 atom stereocenters. The lowest BCUT2D eigenvalue weighted by Gasteiger charge is -2.11. The molecule has 1 amide bonds. The molecular weight excluding hydrogens is 414 g/mol. The number of nitrogens with zero attached hydrogens (tertiary/aromatic N) is 2. The SMILES string of the molecule is Cc1csc(Sc2ccc(NC(=O)c3cc(C)n(Cc4ccco4)c3C)c(C)c2)n1. The predicted octanol–water partition coefficient (Wildman–Crippen LogP) is 6.22. The van der Waals surface area contributed by atoms with Gasteiger partial charge in [0.25, 0.3) is 5.91 Å². The zero-order valence-electron chi connectivity index (χ0n) is 17.4. The standard InChI is InChI=1S/C23H23N3O2S2/c1-14-10-19(30-23-24-15(2)13-29-23)7-8-21(14)25-22(27)20-11-16(3)26(17(20)4)12-18-6-5-9-28-18/h5-11,13H,12H2,1-4H3,(H,25,27). The van der Waals surface area contributed by atoms with Crippen molar-refractivity contribution >= 4 is 34.7 Å². The topological polar surface area (TPSA) is 60.1 Å². The van der Waals surface area contributed by atoms with Gasteiger partial charge in [-0.25, -0.2) is 4.98 Å². The highest BCUT2D eigenvalue weighted by Gasteiger charge is 2.17. The van der Waals surface area contributed by atoms with Gasteiger partial charge >= 0.3 is 0 Å². The van der Waals surface area contributed by atoms with Crippen LogP contribution in [0, 0.1) is 27.7 Å². The van der Waals surface area contributed by atoms with Crippen molar-refractivity contribution in [3.05, 3.63) is 82.0 Å². The van der Waals surface area contributed by atoms with Crippen LogP contribution in [0.15, 0.2) is 61.7 Å². The number of rotatable bonds is 6. The molecule has 0 saturated heterocycles. The molecule has 4 rings (SSSR count). The molecule has 0 unspecified atom stereocenters. The van der Waals surface area contributed by atoms with Crippen LogP contribution in [0.1, 0.15) is 38.8 Å². The largest absolute Gasteiger partial charge is 0.467 e. The molecule has 0 radical (unpaired) electrons. The number of furan rings is 1. The Morgan fingerprint density at radius 3 is 2.70 bits per heavy atom. The molecule has 0 bridgehead atoms. The van der Waals surface area contributed by atoms with Crippen LogP contribution in [0.5, 0.6) is 0 Å². The van der Waals surface area contributed by atoms with Crippen LogP contribution in [0.2, 0.25) is 0 Å². The quantitative estimate of drug-likeness (QED) is 0.389. The maximum absolute atomic E-state index is 13.0. The third-order valence-corrected chi connectivity index (χ3v) is 7.01. The van der Waals surface area contributed by atoms with Gasteiger partial charge in [0.2, 0.25) is 0 Å². The highest BCUT2D eigenvalue weighted by Crippen LogP contribution is 2.32. The fourth-order valence-electron chi connectivity index (χ4n) is 3.34. The Morgan fingerprint density at radius 1 is 1.20 bits per heavy atom. The second-order valence-corrected chi connectivity index (χ2v) is 9.42. The first-order valence-electron chi connectivity index (χ1n) is 9.62. The van der Waals surface area contributed by atoms with Crippen molar-refractivity contribution in [2.75, 3.05) is 5.32 Å². The van der Waals surface area contributed by atoms with E-state index in [0.717, 1.165) is 43.3 Å². The maximum Gasteiger partial charge on any atom is 0.257 e. The molecule has 30 heavy (non-hydrogen) atoms. The maximum atomic E-state index is 13.0. The van der Waals surface area contributed by atoms with Crippen LogP contribution >= 0.6 is 23.1 Å². The van der Waals surface area contributed by atoms with Gasteiger partial charge in [0, 0.05) is 33.0 Å². The van der Waals surface area contributed by atoms with E-state index in [9.17, 15) is 4.79 Å². The smallest absolute Gasteiger partial charge is 0.257 e. The van der Waals surface area contributed by atoms with Gasteiger partial charge in [-0.15, -0.1) is 11.3 Å². The number of anilines is 1. The number of benzene rings is 1. The number of hydrogen-bond donors (Lipinski definition) is 1. The van der Waals surface area contributed by atoms with Crippen LogP contribution in [-0.4, -0.2) is 15.5 Å². The number of carbonyl (C=O) groups excluding carboxylic acids is 1. The Labute approximate surface area is 184 Å². The average Bonchev–Trinajstić information content (AvgIpc) is 3.42. The van der Waals surface area contributed by atoms with E-state index >= 15 is 0 Å². The van der Waals surface area contributed by atoms with Crippen molar-refractivity contribution in [1.82, 2.24) is 9.55 Å². The van der Waals surface area contributed by atoms with E-state index in [-0.39, 0.29) is 5.91 Å². The highest BCUT2D eigenvalue weighted by atomic mass is 32.2. The minimum absolute atomic E-state index is 0.104. The molecule has 5 nitrogen and oxygen atoms in total. The molecular formula is C23H23N3O2S2. The lowest BCUT2D eigenvalue weighted by atomic mass is 10.1. The van der Waals surface area contributed by atoms with E-state index in [1.54, 1.807) is 29.4 Å². The van der Waals surface area contributed by atoms with E-state index in [1.165, 1.54) is 0 Å².